The number of hydrogen-bond donors (Lipinski definition) is 2. The third kappa shape index (κ3) is 5.59. The highest BCUT2D eigenvalue weighted by Crippen LogP contribution is 2.35. The number of halogens is 1. The highest BCUT2D eigenvalue weighted by Gasteiger charge is 2.37. The van der Waals surface area contributed by atoms with Gasteiger partial charge in [0.05, 0.1) is 18.7 Å². The number of methoxy groups -OCH3 is 1. The first-order valence-corrected chi connectivity index (χ1v) is 9.11. The van der Waals surface area contributed by atoms with E-state index in [-0.39, 0.29) is 18.9 Å². The lowest BCUT2D eigenvalue weighted by Crippen LogP contribution is -2.42. The Bertz CT molecular complexity index is 770. The van der Waals surface area contributed by atoms with Gasteiger partial charge in [-0.15, -0.1) is 0 Å². The number of amides is 4. The van der Waals surface area contributed by atoms with Gasteiger partial charge >= 0.3 is 12.0 Å². The number of hydrogen-bond acceptors (Lipinski definition) is 6. The summed E-state index contributed by atoms with van der Waals surface area (Å²) >= 11 is 5.99. The third-order valence-electron chi connectivity index (χ3n) is 4.02. The minimum atomic E-state index is -0.750. The summed E-state index contributed by atoms with van der Waals surface area (Å²) in [5, 5.41) is 4.94. The number of imide groups is 1. The molecule has 1 saturated heterocycles. The molecule has 2 N–H and O–H groups in total. The molecule has 0 aliphatic carbocycles. The van der Waals surface area contributed by atoms with Gasteiger partial charge in [0.25, 0.3) is 5.91 Å². The van der Waals surface area contributed by atoms with Crippen LogP contribution in [-0.4, -0.2) is 50.6 Å². The Morgan fingerprint density at radius 2 is 2.07 bits per heavy atom. The predicted octanol–water partition coefficient (Wildman–Crippen LogP) is 1.48. The average Bonchev–Trinajstić information content (AvgIpc) is 3.06. The van der Waals surface area contributed by atoms with Gasteiger partial charge in [0.15, 0.2) is 6.61 Å². The summed E-state index contributed by atoms with van der Waals surface area (Å²) in [6.45, 7) is 1.76. The summed E-state index contributed by atoms with van der Waals surface area (Å²) in [5.41, 5.74) is 0.459. The molecule has 1 aromatic carbocycles. The van der Waals surface area contributed by atoms with Gasteiger partial charge in [-0.3, -0.25) is 19.7 Å². The summed E-state index contributed by atoms with van der Waals surface area (Å²) in [7, 11) is 1.47. The van der Waals surface area contributed by atoms with E-state index in [2.05, 4.69) is 10.6 Å². The number of carbonyl (C=O) groups is 4. The molecule has 1 aliphatic heterocycles. The monoisotopic (exact) mass is 411 g/mol. The first kappa shape index (κ1) is 21.5. The minimum Gasteiger partial charge on any atom is -0.495 e. The zero-order valence-corrected chi connectivity index (χ0v) is 16.4. The van der Waals surface area contributed by atoms with Gasteiger partial charge in [-0.2, -0.15) is 0 Å². The van der Waals surface area contributed by atoms with Crippen LogP contribution in [0.25, 0.3) is 0 Å². The van der Waals surface area contributed by atoms with E-state index in [4.69, 9.17) is 21.1 Å². The Kier molecular flexibility index (Phi) is 7.62. The van der Waals surface area contributed by atoms with E-state index < -0.39 is 30.4 Å². The molecule has 0 saturated carbocycles. The average molecular weight is 412 g/mol. The molecule has 1 atom stereocenters. The van der Waals surface area contributed by atoms with Gasteiger partial charge in [0.2, 0.25) is 5.91 Å². The Morgan fingerprint density at radius 3 is 2.75 bits per heavy atom. The van der Waals surface area contributed by atoms with Crippen molar-refractivity contribution in [2.45, 2.75) is 19.8 Å². The van der Waals surface area contributed by atoms with Crippen molar-refractivity contribution in [1.29, 1.82) is 0 Å². The fourth-order valence-electron chi connectivity index (χ4n) is 2.67. The molecule has 1 aliphatic rings. The van der Waals surface area contributed by atoms with Crippen molar-refractivity contribution in [2.24, 2.45) is 5.92 Å². The molecule has 1 heterocycles. The molecule has 9 nitrogen and oxygen atoms in total. The van der Waals surface area contributed by atoms with Crippen molar-refractivity contribution in [1.82, 2.24) is 10.6 Å². The van der Waals surface area contributed by atoms with Gasteiger partial charge in [-0.05, 0) is 24.6 Å². The molecule has 0 bridgehead atoms. The molecule has 0 unspecified atom stereocenters. The molecule has 1 fully saturated rings. The minimum absolute atomic E-state index is 0.0624. The van der Waals surface area contributed by atoms with E-state index in [0.29, 0.717) is 23.0 Å². The lowest BCUT2D eigenvalue weighted by Gasteiger charge is -2.19. The Morgan fingerprint density at radius 1 is 1.32 bits per heavy atom. The summed E-state index contributed by atoms with van der Waals surface area (Å²) in [4.78, 5) is 49.0. The molecule has 1 aromatic rings. The lowest BCUT2D eigenvalue weighted by atomic mass is 10.1. The fourth-order valence-corrected chi connectivity index (χ4v) is 2.84. The van der Waals surface area contributed by atoms with Crippen LogP contribution in [0.3, 0.4) is 0 Å². The number of nitrogens with one attached hydrogen (secondary N) is 2. The van der Waals surface area contributed by atoms with E-state index in [9.17, 15) is 19.2 Å². The van der Waals surface area contributed by atoms with Gasteiger partial charge in [-0.1, -0.05) is 18.5 Å². The second-order valence-electron chi connectivity index (χ2n) is 6.13. The maximum Gasteiger partial charge on any atom is 0.321 e. The maximum absolute atomic E-state index is 12.3. The number of ether oxygens (including phenoxy) is 2. The molecule has 2 rings (SSSR count). The number of anilines is 1. The molecule has 4 amide bonds. The van der Waals surface area contributed by atoms with E-state index in [1.54, 1.807) is 18.2 Å². The van der Waals surface area contributed by atoms with Gasteiger partial charge in [-0.25, -0.2) is 4.79 Å². The molecular formula is C18H22ClN3O6. The Balaban J connectivity index is 1.91. The SMILES string of the molecule is CCCNC(=O)NC(=O)COC(=O)[C@@H]1CC(=O)N(c2cc(Cl)ccc2OC)C1. The topological polar surface area (TPSA) is 114 Å². The van der Waals surface area contributed by atoms with Gasteiger partial charge in [0.1, 0.15) is 5.75 Å². The molecule has 0 aromatic heterocycles. The zero-order chi connectivity index (χ0) is 20.7. The summed E-state index contributed by atoms with van der Waals surface area (Å²) in [6, 6.07) is 4.18. The second kappa shape index (κ2) is 9.93. The van der Waals surface area contributed by atoms with Crippen molar-refractivity contribution < 1.29 is 28.7 Å². The number of rotatable bonds is 7. The van der Waals surface area contributed by atoms with Crippen LogP contribution in [0.1, 0.15) is 19.8 Å². The van der Waals surface area contributed by atoms with Crippen molar-refractivity contribution in [3.05, 3.63) is 23.2 Å². The number of urea groups is 1. The number of esters is 1. The van der Waals surface area contributed by atoms with Crippen molar-refractivity contribution >= 4 is 41.1 Å². The van der Waals surface area contributed by atoms with E-state index in [1.807, 2.05) is 6.92 Å². The summed E-state index contributed by atoms with van der Waals surface area (Å²) in [5.74, 6) is -2.02. The van der Waals surface area contributed by atoms with Gasteiger partial charge in [0, 0.05) is 24.5 Å². The predicted molar refractivity (Wildman–Crippen MR) is 101 cm³/mol. The largest absolute Gasteiger partial charge is 0.495 e. The summed E-state index contributed by atoms with van der Waals surface area (Å²) in [6.07, 6.45) is 0.660. The standard InChI is InChI=1S/C18H22ClN3O6/c1-3-6-20-18(26)21-15(23)10-28-17(25)11-7-16(24)22(9-11)13-8-12(19)4-5-14(13)27-2/h4-5,8,11H,3,6-7,9-10H2,1-2H3,(H2,20,21,23,26)/t11-/m1/s1. The van der Waals surface area contributed by atoms with Crippen LogP contribution in [0, 0.1) is 5.92 Å². The van der Waals surface area contributed by atoms with Crippen LogP contribution in [0.2, 0.25) is 5.02 Å². The van der Waals surface area contributed by atoms with Crippen LogP contribution in [0.5, 0.6) is 5.75 Å². The van der Waals surface area contributed by atoms with E-state index in [0.717, 1.165) is 6.42 Å². The first-order chi connectivity index (χ1) is 13.3. The number of carbonyl (C=O) groups excluding carboxylic acids is 4. The van der Waals surface area contributed by atoms with E-state index in [1.165, 1.54) is 12.0 Å². The smallest absolute Gasteiger partial charge is 0.321 e. The molecule has 10 heteroatoms. The molecule has 152 valence electrons. The van der Waals surface area contributed by atoms with Gasteiger partial charge < -0.3 is 19.7 Å². The maximum atomic E-state index is 12.3. The van der Waals surface area contributed by atoms with Crippen molar-refractivity contribution in [3.63, 3.8) is 0 Å². The second-order valence-corrected chi connectivity index (χ2v) is 6.57. The summed E-state index contributed by atoms with van der Waals surface area (Å²) < 4.78 is 10.2. The quantitative estimate of drug-likeness (QED) is 0.657. The zero-order valence-electron chi connectivity index (χ0n) is 15.6. The first-order valence-electron chi connectivity index (χ1n) is 8.74. The molecular weight excluding hydrogens is 390 g/mol. The lowest BCUT2D eigenvalue weighted by molar-refractivity contribution is -0.152. The van der Waals surface area contributed by atoms with Crippen molar-refractivity contribution in [3.8, 4) is 5.75 Å². The Labute approximate surface area is 167 Å². The highest BCUT2D eigenvalue weighted by molar-refractivity contribution is 6.31. The molecule has 0 spiro atoms. The number of nitrogens with zero attached hydrogens (tertiary/aromatic N) is 1. The third-order valence-corrected chi connectivity index (χ3v) is 4.26. The van der Waals surface area contributed by atoms with Crippen LogP contribution >= 0.6 is 11.6 Å². The number of benzene rings is 1. The van der Waals surface area contributed by atoms with Crippen LogP contribution in [-0.2, 0) is 19.1 Å². The van der Waals surface area contributed by atoms with Crippen LogP contribution in [0.15, 0.2) is 18.2 Å². The highest BCUT2D eigenvalue weighted by atomic mass is 35.5. The Hall–Kier alpha value is -2.81. The molecule has 0 radical (unpaired) electrons. The van der Waals surface area contributed by atoms with E-state index >= 15 is 0 Å². The van der Waals surface area contributed by atoms with Crippen molar-refractivity contribution in [2.75, 3.05) is 31.7 Å². The molecule has 28 heavy (non-hydrogen) atoms. The normalized spacial score (nSPS) is 15.9. The van der Waals surface area contributed by atoms with Crippen LogP contribution in [0.4, 0.5) is 10.5 Å². The fraction of sp³-hybridized carbons (Fsp3) is 0.444. The van der Waals surface area contributed by atoms with Crippen LogP contribution < -0.4 is 20.3 Å².